The second kappa shape index (κ2) is 14.5. The van der Waals surface area contributed by atoms with Gasteiger partial charge in [-0.05, 0) is 107 Å². The molecule has 0 radical (unpaired) electrons. The average molecular weight is 756 g/mol. The zero-order valence-electron chi connectivity index (χ0n) is 32.8. The van der Waals surface area contributed by atoms with E-state index in [-0.39, 0.29) is 0 Å². The molecule has 1 heterocycles. The van der Waals surface area contributed by atoms with Gasteiger partial charge in [0.15, 0.2) is 6.17 Å². The standard InChI is InChI=1S/C56H41N3/c1-36-32-44(35-51-49-28-11-10-26-47(49)48-27-12-13-29-50(48)52(36)51)46-31-30-38-18-8-9-25-45(38)53(46)41-22-15-24-43(34-41)56-58-54(39-19-6-3-7-20-39)57-55(59-56)42-23-14-21-40(33-42)37-16-4-2-5-17-37/h2-31,33-36,56H,32H2,1H3,(H,57,58,59). The summed E-state index contributed by atoms with van der Waals surface area (Å²) in [4.78, 5) is 10.6. The van der Waals surface area contributed by atoms with Crippen molar-refractivity contribution in [2.24, 2.45) is 9.98 Å². The van der Waals surface area contributed by atoms with Crippen molar-refractivity contribution in [3.63, 3.8) is 0 Å². The minimum atomic E-state index is -0.444. The second-order valence-electron chi connectivity index (χ2n) is 15.8. The first-order valence-electron chi connectivity index (χ1n) is 20.6. The van der Waals surface area contributed by atoms with Gasteiger partial charge in [-0.15, -0.1) is 0 Å². The van der Waals surface area contributed by atoms with Crippen LogP contribution in [-0.4, -0.2) is 11.7 Å². The summed E-state index contributed by atoms with van der Waals surface area (Å²) in [6.07, 6.45) is 3.00. The molecule has 2 unspecified atom stereocenters. The van der Waals surface area contributed by atoms with Crippen LogP contribution in [0.25, 0.3) is 66.2 Å². The van der Waals surface area contributed by atoms with E-state index in [1.807, 2.05) is 6.07 Å². The lowest BCUT2D eigenvalue weighted by Crippen LogP contribution is -2.36. The molecule has 59 heavy (non-hydrogen) atoms. The lowest BCUT2D eigenvalue weighted by atomic mass is 9.76. The number of hydrogen-bond donors (Lipinski definition) is 1. The van der Waals surface area contributed by atoms with Crippen LogP contribution in [0.1, 0.15) is 58.8 Å². The molecule has 0 amide bonds. The molecule has 3 heteroatoms. The number of hydrogen-bond acceptors (Lipinski definition) is 3. The van der Waals surface area contributed by atoms with Gasteiger partial charge >= 0.3 is 0 Å². The number of allylic oxidation sites excluding steroid dienone is 1. The molecule has 2 atom stereocenters. The predicted octanol–water partition coefficient (Wildman–Crippen LogP) is 14.0. The highest BCUT2D eigenvalue weighted by molar-refractivity contribution is 6.17. The van der Waals surface area contributed by atoms with Gasteiger partial charge in [-0.1, -0.05) is 195 Å². The normalized spacial score (nSPS) is 16.3. The van der Waals surface area contributed by atoms with Crippen LogP contribution >= 0.6 is 0 Å². The van der Waals surface area contributed by atoms with Crippen LogP contribution in [0.15, 0.2) is 204 Å². The molecule has 2 aliphatic rings. The average Bonchev–Trinajstić information content (AvgIpc) is 3.31. The maximum atomic E-state index is 5.34. The first-order valence-corrected chi connectivity index (χ1v) is 20.6. The Morgan fingerprint density at radius 3 is 1.81 bits per heavy atom. The van der Waals surface area contributed by atoms with Crippen molar-refractivity contribution in [3.8, 4) is 22.3 Å². The number of benzene rings is 9. The number of nitrogens with zero attached hydrogens (tertiary/aromatic N) is 2. The van der Waals surface area contributed by atoms with Crippen LogP contribution in [0.2, 0.25) is 0 Å². The number of amidine groups is 2. The van der Waals surface area contributed by atoms with Crippen molar-refractivity contribution >= 4 is 55.6 Å². The fourth-order valence-electron chi connectivity index (χ4n) is 9.41. The summed E-state index contributed by atoms with van der Waals surface area (Å²) >= 11 is 0. The third kappa shape index (κ3) is 6.23. The predicted molar refractivity (Wildman–Crippen MR) is 249 cm³/mol. The van der Waals surface area contributed by atoms with Gasteiger partial charge in [-0.2, -0.15) is 0 Å². The van der Waals surface area contributed by atoms with Gasteiger partial charge in [-0.25, -0.2) is 9.98 Å². The van der Waals surface area contributed by atoms with Crippen LogP contribution < -0.4 is 5.32 Å². The number of aliphatic imine (C=N–C) groups is 2. The van der Waals surface area contributed by atoms with Crippen molar-refractivity contribution in [3.05, 3.63) is 228 Å². The molecule has 9 aromatic carbocycles. The number of nitrogens with one attached hydrogen (secondary N) is 1. The van der Waals surface area contributed by atoms with E-state index in [1.165, 1.54) is 65.7 Å². The van der Waals surface area contributed by atoms with Gasteiger partial charge in [0.25, 0.3) is 0 Å². The van der Waals surface area contributed by atoms with Gasteiger partial charge in [0.05, 0.1) is 0 Å². The Kier molecular flexibility index (Phi) is 8.59. The molecule has 0 fully saturated rings. The molecule has 0 saturated heterocycles. The monoisotopic (exact) mass is 755 g/mol. The van der Waals surface area contributed by atoms with Gasteiger partial charge in [0.2, 0.25) is 0 Å². The molecule has 1 aliphatic carbocycles. The summed E-state index contributed by atoms with van der Waals surface area (Å²) in [7, 11) is 0. The van der Waals surface area contributed by atoms with Gasteiger partial charge < -0.3 is 5.32 Å². The summed E-state index contributed by atoms with van der Waals surface area (Å²) in [6, 6.07) is 69.7. The summed E-state index contributed by atoms with van der Waals surface area (Å²) in [6.45, 7) is 2.40. The van der Waals surface area contributed by atoms with Crippen molar-refractivity contribution in [2.45, 2.75) is 25.4 Å². The molecule has 9 aromatic rings. The Balaban J connectivity index is 1.07. The minimum Gasteiger partial charge on any atom is -0.324 e. The summed E-state index contributed by atoms with van der Waals surface area (Å²) in [5, 5.41) is 11.4. The Morgan fingerprint density at radius 2 is 1.03 bits per heavy atom. The molecule has 0 bridgehead atoms. The third-order valence-electron chi connectivity index (χ3n) is 12.1. The zero-order chi connectivity index (χ0) is 39.3. The van der Waals surface area contributed by atoms with Gasteiger partial charge in [-0.3, -0.25) is 0 Å². The van der Waals surface area contributed by atoms with E-state index in [9.17, 15) is 0 Å². The molecule has 1 aliphatic heterocycles. The van der Waals surface area contributed by atoms with Gasteiger partial charge in [0, 0.05) is 11.1 Å². The fourth-order valence-corrected chi connectivity index (χ4v) is 9.41. The summed E-state index contributed by atoms with van der Waals surface area (Å²) < 4.78 is 0. The van der Waals surface area contributed by atoms with Crippen LogP contribution in [0.5, 0.6) is 0 Å². The topological polar surface area (TPSA) is 36.8 Å². The highest BCUT2D eigenvalue weighted by Crippen LogP contribution is 2.48. The first-order chi connectivity index (χ1) is 29.2. The smallest absolute Gasteiger partial charge is 0.169 e. The molecular weight excluding hydrogens is 715 g/mol. The Morgan fingerprint density at radius 1 is 0.458 bits per heavy atom. The van der Waals surface area contributed by atoms with Crippen molar-refractivity contribution in [1.82, 2.24) is 5.32 Å². The molecular formula is C56H41N3. The molecule has 0 spiro atoms. The van der Waals surface area contributed by atoms with Crippen molar-refractivity contribution < 1.29 is 0 Å². The minimum absolute atomic E-state index is 0.346. The van der Waals surface area contributed by atoms with Crippen LogP contribution in [0, 0.1) is 0 Å². The highest BCUT2D eigenvalue weighted by Gasteiger charge is 2.27. The molecule has 280 valence electrons. The third-order valence-corrected chi connectivity index (χ3v) is 12.1. The van der Waals surface area contributed by atoms with E-state index in [4.69, 9.17) is 9.98 Å². The van der Waals surface area contributed by atoms with E-state index in [1.54, 1.807) is 0 Å². The molecule has 11 rings (SSSR count). The summed E-state index contributed by atoms with van der Waals surface area (Å²) in [5.74, 6) is 1.96. The number of fused-ring (bicyclic) bond motifs is 7. The second-order valence-corrected chi connectivity index (χ2v) is 15.8. The first kappa shape index (κ1) is 34.9. The lowest BCUT2D eigenvalue weighted by molar-refractivity contribution is 0.756. The molecule has 3 nitrogen and oxygen atoms in total. The largest absolute Gasteiger partial charge is 0.324 e. The van der Waals surface area contributed by atoms with E-state index in [0.717, 1.165) is 45.9 Å². The fraction of sp³-hybridized carbons (Fsp3) is 0.0714. The van der Waals surface area contributed by atoms with Gasteiger partial charge in [0.1, 0.15) is 11.7 Å². The Hall–Kier alpha value is -7.36. The van der Waals surface area contributed by atoms with E-state index in [0.29, 0.717) is 5.92 Å². The van der Waals surface area contributed by atoms with Crippen LogP contribution in [0.4, 0.5) is 0 Å². The lowest BCUT2D eigenvalue weighted by Gasteiger charge is -2.28. The Labute approximate surface area is 344 Å². The number of rotatable bonds is 6. The molecule has 0 aromatic heterocycles. The Bertz CT molecular complexity index is 3170. The zero-order valence-corrected chi connectivity index (χ0v) is 32.8. The maximum absolute atomic E-state index is 5.34. The van der Waals surface area contributed by atoms with Crippen molar-refractivity contribution in [1.29, 1.82) is 0 Å². The summed E-state index contributed by atoms with van der Waals surface area (Å²) in [5.41, 5.74) is 13.2. The SMILES string of the molecule is CC1CC(c2ccc3ccccc3c2-c2cccc(C3N=C(c4ccccc4)NC(c4cccc(-c5ccccc5)c4)=N3)c2)=Cc2c1c1ccccc1c1ccccc21. The quantitative estimate of drug-likeness (QED) is 0.169. The van der Waals surface area contributed by atoms with Crippen LogP contribution in [0.3, 0.4) is 0 Å². The maximum Gasteiger partial charge on any atom is 0.169 e. The van der Waals surface area contributed by atoms with Crippen LogP contribution in [-0.2, 0) is 0 Å². The van der Waals surface area contributed by atoms with E-state index >= 15 is 0 Å². The van der Waals surface area contributed by atoms with E-state index < -0.39 is 6.17 Å². The molecule has 1 N–H and O–H groups in total. The van der Waals surface area contributed by atoms with Crippen molar-refractivity contribution in [2.75, 3.05) is 0 Å². The van der Waals surface area contributed by atoms with E-state index in [2.05, 4.69) is 206 Å². The highest BCUT2D eigenvalue weighted by atomic mass is 15.2. The molecule has 0 saturated carbocycles.